The molecule has 2 rings (SSSR count). The first kappa shape index (κ1) is 10.7. The summed E-state index contributed by atoms with van der Waals surface area (Å²) in [6.45, 7) is 0. The minimum Gasteiger partial charge on any atom is -0.298 e. The zero-order valence-corrected chi connectivity index (χ0v) is 9.63. The summed E-state index contributed by atoms with van der Waals surface area (Å²) in [5.41, 5.74) is 0. The number of rotatable bonds is 2. The molecule has 0 N–H and O–H groups in total. The summed E-state index contributed by atoms with van der Waals surface area (Å²) in [7, 11) is 0. The van der Waals surface area contributed by atoms with E-state index in [4.69, 9.17) is 0 Å². The van der Waals surface area contributed by atoms with Crippen LogP contribution in [-0.2, 0) is 4.79 Å². The second kappa shape index (κ2) is 5.36. The summed E-state index contributed by atoms with van der Waals surface area (Å²) >= 11 is 1.74. The zero-order chi connectivity index (χ0) is 10.5. The Morgan fingerprint density at radius 1 is 1.07 bits per heavy atom. The fourth-order valence-electron chi connectivity index (χ4n) is 1.92. The van der Waals surface area contributed by atoms with Crippen molar-refractivity contribution in [3.63, 3.8) is 0 Å². The van der Waals surface area contributed by atoms with Crippen LogP contribution >= 0.6 is 11.8 Å². The second-order valence-corrected chi connectivity index (χ2v) is 5.26. The number of ketones is 1. The summed E-state index contributed by atoms with van der Waals surface area (Å²) in [5, 5.41) is 0.204. The summed E-state index contributed by atoms with van der Waals surface area (Å²) in [6, 6.07) is 10.2. The minimum atomic E-state index is 0.204. The highest BCUT2D eigenvalue weighted by atomic mass is 32.2. The van der Waals surface area contributed by atoms with E-state index in [2.05, 4.69) is 12.1 Å². The first-order valence-corrected chi connectivity index (χ1v) is 6.48. The maximum atomic E-state index is 11.8. The third-order valence-electron chi connectivity index (χ3n) is 2.77. The van der Waals surface area contributed by atoms with Gasteiger partial charge in [-0.2, -0.15) is 0 Å². The van der Waals surface area contributed by atoms with E-state index in [0.717, 1.165) is 19.3 Å². The predicted molar refractivity (Wildman–Crippen MR) is 64.2 cm³/mol. The fourth-order valence-corrected chi connectivity index (χ4v) is 3.09. The number of thioether (sulfide) groups is 1. The van der Waals surface area contributed by atoms with Gasteiger partial charge in [0, 0.05) is 11.3 Å². The molecule has 0 aliphatic heterocycles. The lowest BCUT2D eigenvalue weighted by atomic mass is 10.2. The molecule has 15 heavy (non-hydrogen) atoms. The Bertz CT molecular complexity index is 321. The monoisotopic (exact) mass is 220 g/mol. The van der Waals surface area contributed by atoms with Crippen LogP contribution in [0.25, 0.3) is 0 Å². The standard InChI is InChI=1S/C13H16OS/c14-12-9-5-2-6-10-13(12)15-11-7-3-1-4-8-11/h1,3-4,7-8,13H,2,5-6,9-10H2/t13-/m0/s1. The van der Waals surface area contributed by atoms with E-state index in [1.54, 1.807) is 11.8 Å². The molecule has 1 aromatic rings. The Morgan fingerprint density at radius 3 is 2.67 bits per heavy atom. The highest BCUT2D eigenvalue weighted by Crippen LogP contribution is 2.30. The maximum absolute atomic E-state index is 11.8. The van der Waals surface area contributed by atoms with E-state index in [1.165, 1.54) is 17.7 Å². The number of Topliss-reactive ketones (excluding diaryl/α,β-unsaturated/α-hetero) is 1. The number of benzene rings is 1. The average Bonchev–Trinajstić information content (AvgIpc) is 2.46. The molecule has 0 unspecified atom stereocenters. The Kier molecular flexibility index (Phi) is 3.84. The van der Waals surface area contributed by atoms with Gasteiger partial charge < -0.3 is 0 Å². The fraction of sp³-hybridized carbons (Fsp3) is 0.462. The molecule has 1 aliphatic rings. The molecule has 1 saturated carbocycles. The van der Waals surface area contributed by atoms with Gasteiger partial charge in [0.2, 0.25) is 0 Å². The minimum absolute atomic E-state index is 0.204. The van der Waals surface area contributed by atoms with Crippen molar-refractivity contribution in [1.82, 2.24) is 0 Å². The van der Waals surface area contributed by atoms with Gasteiger partial charge in [-0.05, 0) is 25.0 Å². The summed E-state index contributed by atoms with van der Waals surface area (Å²) in [6.07, 6.45) is 5.35. The quantitative estimate of drug-likeness (QED) is 0.707. The lowest BCUT2D eigenvalue weighted by molar-refractivity contribution is -0.118. The van der Waals surface area contributed by atoms with Crippen LogP contribution in [-0.4, -0.2) is 11.0 Å². The number of hydrogen-bond acceptors (Lipinski definition) is 2. The van der Waals surface area contributed by atoms with E-state index in [1.807, 2.05) is 18.2 Å². The molecule has 1 nitrogen and oxygen atoms in total. The van der Waals surface area contributed by atoms with Crippen LogP contribution in [0.2, 0.25) is 0 Å². The molecular weight excluding hydrogens is 204 g/mol. The van der Waals surface area contributed by atoms with Crippen LogP contribution in [0.4, 0.5) is 0 Å². The van der Waals surface area contributed by atoms with Gasteiger partial charge in [-0.3, -0.25) is 4.79 Å². The number of hydrogen-bond donors (Lipinski definition) is 0. The Balaban J connectivity index is 2.01. The largest absolute Gasteiger partial charge is 0.298 e. The molecule has 0 spiro atoms. The SMILES string of the molecule is O=C1CCCCC[C@@H]1Sc1ccccc1. The average molecular weight is 220 g/mol. The van der Waals surface area contributed by atoms with Crippen LogP contribution in [0.5, 0.6) is 0 Å². The molecule has 0 aromatic heterocycles. The van der Waals surface area contributed by atoms with Crippen LogP contribution in [0.1, 0.15) is 32.1 Å². The van der Waals surface area contributed by atoms with Gasteiger partial charge in [0.05, 0.1) is 5.25 Å². The van der Waals surface area contributed by atoms with Crippen LogP contribution in [0.15, 0.2) is 35.2 Å². The normalized spacial score (nSPS) is 22.4. The molecule has 1 aliphatic carbocycles. The maximum Gasteiger partial charge on any atom is 0.146 e. The Hall–Kier alpha value is -0.760. The molecule has 0 bridgehead atoms. The Morgan fingerprint density at radius 2 is 1.87 bits per heavy atom. The number of carbonyl (C=O) groups excluding carboxylic acids is 1. The van der Waals surface area contributed by atoms with Crippen molar-refractivity contribution in [3.8, 4) is 0 Å². The summed E-state index contributed by atoms with van der Waals surface area (Å²) < 4.78 is 0. The van der Waals surface area contributed by atoms with Crippen molar-refractivity contribution in [2.45, 2.75) is 42.2 Å². The van der Waals surface area contributed by atoms with Crippen molar-refractivity contribution in [2.24, 2.45) is 0 Å². The van der Waals surface area contributed by atoms with E-state index in [9.17, 15) is 4.79 Å². The molecule has 0 radical (unpaired) electrons. The van der Waals surface area contributed by atoms with Gasteiger partial charge in [0.25, 0.3) is 0 Å². The van der Waals surface area contributed by atoms with Gasteiger partial charge in [-0.15, -0.1) is 11.8 Å². The highest BCUT2D eigenvalue weighted by molar-refractivity contribution is 8.00. The van der Waals surface area contributed by atoms with E-state index >= 15 is 0 Å². The van der Waals surface area contributed by atoms with Crippen molar-refractivity contribution >= 4 is 17.5 Å². The third-order valence-corrected chi connectivity index (χ3v) is 4.10. The first-order chi connectivity index (χ1) is 7.36. The molecule has 0 heterocycles. The predicted octanol–water partition coefficient (Wildman–Crippen LogP) is 3.68. The zero-order valence-electron chi connectivity index (χ0n) is 8.82. The van der Waals surface area contributed by atoms with Crippen LogP contribution in [0, 0.1) is 0 Å². The van der Waals surface area contributed by atoms with Gasteiger partial charge >= 0.3 is 0 Å². The van der Waals surface area contributed by atoms with Gasteiger partial charge in [-0.1, -0.05) is 31.0 Å². The van der Waals surface area contributed by atoms with Gasteiger partial charge in [-0.25, -0.2) is 0 Å². The second-order valence-electron chi connectivity index (χ2n) is 3.99. The van der Waals surface area contributed by atoms with Gasteiger partial charge in [0.1, 0.15) is 5.78 Å². The molecule has 1 fully saturated rings. The molecule has 80 valence electrons. The third kappa shape index (κ3) is 3.10. The highest BCUT2D eigenvalue weighted by Gasteiger charge is 2.21. The molecular formula is C13H16OS. The molecule has 0 saturated heterocycles. The Labute approximate surface area is 95.3 Å². The first-order valence-electron chi connectivity index (χ1n) is 5.61. The molecule has 1 atom stereocenters. The molecule has 0 amide bonds. The summed E-state index contributed by atoms with van der Waals surface area (Å²) in [4.78, 5) is 13.0. The van der Waals surface area contributed by atoms with Crippen LogP contribution in [0.3, 0.4) is 0 Å². The van der Waals surface area contributed by atoms with E-state index in [-0.39, 0.29) is 5.25 Å². The van der Waals surface area contributed by atoms with Gasteiger partial charge in [0.15, 0.2) is 0 Å². The molecule has 1 aromatic carbocycles. The molecule has 2 heteroatoms. The van der Waals surface area contributed by atoms with Crippen molar-refractivity contribution in [2.75, 3.05) is 0 Å². The van der Waals surface area contributed by atoms with E-state index in [0.29, 0.717) is 5.78 Å². The smallest absolute Gasteiger partial charge is 0.146 e. The van der Waals surface area contributed by atoms with Crippen molar-refractivity contribution in [1.29, 1.82) is 0 Å². The van der Waals surface area contributed by atoms with Crippen LogP contribution < -0.4 is 0 Å². The topological polar surface area (TPSA) is 17.1 Å². The van der Waals surface area contributed by atoms with E-state index < -0.39 is 0 Å². The van der Waals surface area contributed by atoms with Crippen molar-refractivity contribution in [3.05, 3.63) is 30.3 Å². The summed E-state index contributed by atoms with van der Waals surface area (Å²) in [5.74, 6) is 0.446. The number of carbonyl (C=O) groups is 1. The lowest BCUT2D eigenvalue weighted by Gasteiger charge is -2.11. The van der Waals surface area contributed by atoms with Crippen molar-refractivity contribution < 1.29 is 4.79 Å². The lowest BCUT2D eigenvalue weighted by Crippen LogP contribution is -2.14.